The van der Waals surface area contributed by atoms with Gasteiger partial charge in [0.25, 0.3) is 5.91 Å². The number of carbonyl (C=O) groups is 1. The van der Waals surface area contributed by atoms with Crippen LogP contribution in [0.1, 0.15) is 27.3 Å². The number of carbonyl (C=O) groups excluding carboxylic acids is 1. The van der Waals surface area contributed by atoms with Gasteiger partial charge in [-0.2, -0.15) is 5.10 Å². The summed E-state index contributed by atoms with van der Waals surface area (Å²) in [7, 11) is 3.66. The minimum atomic E-state index is -0.110. The maximum absolute atomic E-state index is 12.8. The molecule has 2 heterocycles. The molecular weight excluding hydrogens is 376 g/mol. The lowest BCUT2D eigenvalue weighted by molar-refractivity contribution is 0.0954. The molecule has 0 saturated heterocycles. The van der Waals surface area contributed by atoms with E-state index in [0.29, 0.717) is 17.9 Å². The Hall–Kier alpha value is -3.54. The summed E-state index contributed by atoms with van der Waals surface area (Å²) in [5.41, 5.74) is 5.66. The van der Waals surface area contributed by atoms with Crippen molar-refractivity contribution in [2.75, 3.05) is 13.7 Å². The number of ether oxygens (including phenoxy) is 1. The quantitative estimate of drug-likeness (QED) is 0.531. The Morgan fingerprint density at radius 3 is 2.67 bits per heavy atom. The van der Waals surface area contributed by atoms with Gasteiger partial charge in [-0.1, -0.05) is 18.2 Å². The molecular formula is C24H26N4O2. The second-order valence-corrected chi connectivity index (χ2v) is 7.51. The van der Waals surface area contributed by atoms with Gasteiger partial charge in [0, 0.05) is 41.9 Å². The third kappa shape index (κ3) is 3.68. The predicted molar refractivity (Wildman–Crippen MR) is 119 cm³/mol. The zero-order valence-corrected chi connectivity index (χ0v) is 17.8. The maximum Gasteiger partial charge on any atom is 0.251 e. The lowest BCUT2D eigenvalue weighted by atomic mass is 10.1. The first-order valence-corrected chi connectivity index (χ1v) is 10.0. The summed E-state index contributed by atoms with van der Waals surface area (Å²) in [6.45, 7) is 4.49. The topological polar surface area (TPSA) is 61.1 Å². The number of para-hydroxylation sites is 1. The van der Waals surface area contributed by atoms with E-state index in [1.54, 1.807) is 17.9 Å². The van der Waals surface area contributed by atoms with Crippen LogP contribution in [-0.4, -0.2) is 33.9 Å². The molecule has 2 aromatic heterocycles. The van der Waals surface area contributed by atoms with Crippen molar-refractivity contribution in [1.29, 1.82) is 0 Å². The van der Waals surface area contributed by atoms with E-state index in [1.807, 2.05) is 51.2 Å². The Labute approximate surface area is 176 Å². The Kier molecular flexibility index (Phi) is 5.31. The fourth-order valence-corrected chi connectivity index (χ4v) is 3.91. The van der Waals surface area contributed by atoms with Crippen molar-refractivity contribution < 1.29 is 9.53 Å². The number of nitrogens with zero attached hydrogens (tertiary/aromatic N) is 3. The number of hydrogen-bond acceptors (Lipinski definition) is 3. The predicted octanol–water partition coefficient (Wildman–Crippen LogP) is 3.96. The zero-order chi connectivity index (χ0) is 21.3. The lowest BCUT2D eigenvalue weighted by Crippen LogP contribution is -2.25. The van der Waals surface area contributed by atoms with Crippen LogP contribution in [0.5, 0.6) is 5.75 Å². The monoisotopic (exact) mass is 402 g/mol. The largest absolute Gasteiger partial charge is 0.494 e. The second kappa shape index (κ2) is 8.06. The molecule has 154 valence electrons. The van der Waals surface area contributed by atoms with Crippen LogP contribution in [0.15, 0.2) is 54.7 Å². The van der Waals surface area contributed by atoms with Gasteiger partial charge in [0.1, 0.15) is 11.4 Å². The highest BCUT2D eigenvalue weighted by molar-refractivity contribution is 5.95. The Bertz CT molecular complexity index is 1220. The molecule has 0 fully saturated rings. The Morgan fingerprint density at radius 1 is 1.13 bits per heavy atom. The molecule has 0 bridgehead atoms. The van der Waals surface area contributed by atoms with E-state index in [2.05, 4.69) is 33.3 Å². The van der Waals surface area contributed by atoms with Crippen LogP contribution in [0.3, 0.4) is 0 Å². The molecule has 6 heteroatoms. The smallest absolute Gasteiger partial charge is 0.251 e. The van der Waals surface area contributed by atoms with Crippen molar-refractivity contribution in [2.24, 2.45) is 7.05 Å². The first-order valence-electron chi connectivity index (χ1n) is 10.0. The molecule has 0 aliphatic carbocycles. The molecule has 4 rings (SSSR count). The highest BCUT2D eigenvalue weighted by atomic mass is 16.5. The molecule has 1 amide bonds. The van der Waals surface area contributed by atoms with Crippen molar-refractivity contribution >= 4 is 16.8 Å². The van der Waals surface area contributed by atoms with Crippen LogP contribution in [0.4, 0.5) is 0 Å². The van der Waals surface area contributed by atoms with Crippen LogP contribution < -0.4 is 10.1 Å². The highest BCUT2D eigenvalue weighted by Gasteiger charge is 2.14. The number of nitrogens with one attached hydrogen (secondary N) is 1. The number of amides is 1. The summed E-state index contributed by atoms with van der Waals surface area (Å²) >= 11 is 0. The van der Waals surface area contributed by atoms with Crippen LogP contribution in [0, 0.1) is 13.8 Å². The van der Waals surface area contributed by atoms with E-state index in [9.17, 15) is 4.79 Å². The fourth-order valence-electron chi connectivity index (χ4n) is 3.91. The maximum atomic E-state index is 12.8. The molecule has 0 aliphatic heterocycles. The van der Waals surface area contributed by atoms with Gasteiger partial charge >= 0.3 is 0 Å². The van der Waals surface area contributed by atoms with Gasteiger partial charge in [0.2, 0.25) is 0 Å². The molecule has 0 atom stereocenters. The van der Waals surface area contributed by atoms with Gasteiger partial charge in [-0.15, -0.1) is 0 Å². The van der Waals surface area contributed by atoms with Crippen molar-refractivity contribution in [3.05, 3.63) is 77.2 Å². The molecule has 6 nitrogen and oxygen atoms in total. The number of aromatic nitrogens is 3. The van der Waals surface area contributed by atoms with E-state index in [1.165, 1.54) is 16.5 Å². The lowest BCUT2D eigenvalue weighted by Gasteiger charge is -2.12. The summed E-state index contributed by atoms with van der Waals surface area (Å²) < 4.78 is 9.41. The standard InChI is InChI=1S/C24H26N4O2/c1-16-13-17(2)28(26-16)22-14-18(9-10-23(22)30-4)24(29)25-12-11-19-15-27(3)21-8-6-5-7-20(19)21/h5-10,13-15H,11-12H2,1-4H3,(H,25,29). The van der Waals surface area contributed by atoms with Gasteiger partial charge in [0.05, 0.1) is 12.8 Å². The van der Waals surface area contributed by atoms with Crippen molar-refractivity contribution in [2.45, 2.75) is 20.3 Å². The average Bonchev–Trinajstić information content (AvgIpc) is 3.26. The number of aryl methyl sites for hydroxylation is 3. The summed E-state index contributed by atoms with van der Waals surface area (Å²) in [6.07, 6.45) is 2.90. The van der Waals surface area contributed by atoms with Gasteiger partial charge < -0.3 is 14.6 Å². The number of hydrogen-bond donors (Lipinski definition) is 1. The molecule has 0 spiro atoms. The molecule has 0 radical (unpaired) electrons. The van der Waals surface area contributed by atoms with E-state index in [-0.39, 0.29) is 5.91 Å². The van der Waals surface area contributed by atoms with Gasteiger partial charge in [-0.25, -0.2) is 4.68 Å². The normalized spacial score (nSPS) is 11.1. The van der Waals surface area contributed by atoms with E-state index >= 15 is 0 Å². The van der Waals surface area contributed by atoms with E-state index < -0.39 is 0 Å². The van der Waals surface area contributed by atoms with Gasteiger partial charge in [-0.05, 0) is 56.2 Å². The number of fused-ring (bicyclic) bond motifs is 1. The Balaban J connectivity index is 1.51. The summed E-state index contributed by atoms with van der Waals surface area (Å²) in [6, 6.07) is 15.7. The second-order valence-electron chi connectivity index (χ2n) is 7.51. The first kappa shape index (κ1) is 19.8. The molecule has 2 aromatic carbocycles. The summed E-state index contributed by atoms with van der Waals surface area (Å²) in [5, 5.41) is 8.79. The molecule has 0 unspecified atom stereocenters. The summed E-state index contributed by atoms with van der Waals surface area (Å²) in [5.74, 6) is 0.564. The SMILES string of the molecule is COc1ccc(C(=O)NCCc2cn(C)c3ccccc23)cc1-n1nc(C)cc1C. The number of rotatable bonds is 6. The van der Waals surface area contributed by atoms with Crippen molar-refractivity contribution in [1.82, 2.24) is 19.7 Å². The van der Waals surface area contributed by atoms with Crippen LogP contribution >= 0.6 is 0 Å². The molecule has 0 aliphatic rings. The van der Waals surface area contributed by atoms with Crippen molar-refractivity contribution in [3.8, 4) is 11.4 Å². The van der Waals surface area contributed by atoms with Crippen LogP contribution in [0.2, 0.25) is 0 Å². The minimum absolute atomic E-state index is 0.110. The molecule has 4 aromatic rings. The third-order valence-electron chi connectivity index (χ3n) is 5.34. The number of methoxy groups -OCH3 is 1. The van der Waals surface area contributed by atoms with Crippen LogP contribution in [-0.2, 0) is 13.5 Å². The minimum Gasteiger partial charge on any atom is -0.494 e. The zero-order valence-electron chi connectivity index (χ0n) is 17.8. The highest BCUT2D eigenvalue weighted by Crippen LogP contribution is 2.25. The van der Waals surface area contributed by atoms with Crippen LogP contribution in [0.25, 0.3) is 16.6 Å². The molecule has 0 saturated carbocycles. The van der Waals surface area contributed by atoms with E-state index in [0.717, 1.165) is 23.5 Å². The first-order chi connectivity index (χ1) is 14.5. The fraction of sp³-hybridized carbons (Fsp3) is 0.250. The van der Waals surface area contributed by atoms with E-state index in [4.69, 9.17) is 4.74 Å². The number of benzene rings is 2. The molecule has 1 N–H and O–H groups in total. The summed E-state index contributed by atoms with van der Waals surface area (Å²) in [4.78, 5) is 12.8. The third-order valence-corrected chi connectivity index (χ3v) is 5.34. The van der Waals surface area contributed by atoms with Gasteiger partial charge in [0.15, 0.2) is 0 Å². The average molecular weight is 402 g/mol. The van der Waals surface area contributed by atoms with Crippen molar-refractivity contribution in [3.63, 3.8) is 0 Å². The molecule has 30 heavy (non-hydrogen) atoms. The van der Waals surface area contributed by atoms with Gasteiger partial charge in [-0.3, -0.25) is 4.79 Å². The Morgan fingerprint density at radius 2 is 1.93 bits per heavy atom.